The van der Waals surface area contributed by atoms with Crippen LogP contribution >= 0.6 is 0 Å². The molecule has 1 spiro atoms. The zero-order valence-electron chi connectivity index (χ0n) is 13.3. The normalized spacial score (nSPS) is 23.2. The molecule has 3 amide bonds. The lowest BCUT2D eigenvalue weighted by Gasteiger charge is -2.33. The van der Waals surface area contributed by atoms with Crippen LogP contribution in [0.25, 0.3) is 0 Å². The van der Waals surface area contributed by atoms with Crippen LogP contribution in [-0.2, 0) is 26.3 Å². The fourth-order valence-electron chi connectivity index (χ4n) is 3.38. The van der Waals surface area contributed by atoms with Crippen LogP contribution in [0.5, 0.6) is 0 Å². The summed E-state index contributed by atoms with van der Waals surface area (Å²) in [5.74, 6) is -0.944. The molecule has 6 nitrogen and oxygen atoms in total. The molecule has 1 saturated heterocycles. The Labute approximate surface area is 134 Å². The number of nitrogens with one attached hydrogen (secondary N) is 1. The lowest BCUT2D eigenvalue weighted by molar-refractivity contribution is -0.151. The number of benzene rings is 1. The summed E-state index contributed by atoms with van der Waals surface area (Å²) < 4.78 is 5.04. The van der Waals surface area contributed by atoms with E-state index in [1.807, 2.05) is 24.3 Å². The summed E-state index contributed by atoms with van der Waals surface area (Å²) in [4.78, 5) is 38.0. The molecule has 122 valence electrons. The third-order valence-electron chi connectivity index (χ3n) is 4.31. The predicted octanol–water partition coefficient (Wildman–Crippen LogP) is 1.72. The minimum Gasteiger partial charge on any atom is -0.462 e. The summed E-state index contributed by atoms with van der Waals surface area (Å²) in [6.07, 6.45) is 1.96. The van der Waals surface area contributed by atoms with Crippen LogP contribution < -0.4 is 5.32 Å². The van der Waals surface area contributed by atoms with Gasteiger partial charge in [-0.2, -0.15) is 0 Å². The van der Waals surface area contributed by atoms with Crippen molar-refractivity contribution in [2.24, 2.45) is 0 Å². The molecule has 1 aliphatic carbocycles. The van der Waals surface area contributed by atoms with Crippen molar-refractivity contribution in [1.82, 2.24) is 10.2 Å². The number of ether oxygens (including phenoxy) is 1. The average Bonchev–Trinajstić information content (AvgIpc) is 2.72. The molecule has 3 rings (SSSR count). The second-order valence-electron chi connectivity index (χ2n) is 6.28. The van der Waals surface area contributed by atoms with Crippen LogP contribution in [0.4, 0.5) is 4.79 Å². The highest BCUT2D eigenvalue weighted by molar-refractivity contribution is 6.09. The molecule has 23 heavy (non-hydrogen) atoms. The van der Waals surface area contributed by atoms with Gasteiger partial charge in [-0.1, -0.05) is 24.3 Å². The minimum atomic E-state index is -1.04. The second kappa shape index (κ2) is 5.68. The molecule has 0 bridgehead atoms. The highest BCUT2D eigenvalue weighted by Gasteiger charge is 2.54. The Morgan fingerprint density at radius 2 is 2.09 bits per heavy atom. The van der Waals surface area contributed by atoms with Crippen molar-refractivity contribution in [1.29, 1.82) is 0 Å². The predicted molar refractivity (Wildman–Crippen MR) is 82.5 cm³/mol. The van der Waals surface area contributed by atoms with Crippen LogP contribution in [-0.4, -0.2) is 35.5 Å². The van der Waals surface area contributed by atoms with Gasteiger partial charge in [0.05, 0.1) is 6.10 Å². The number of urea groups is 1. The number of fused-ring (bicyclic) bond motifs is 2. The van der Waals surface area contributed by atoms with Gasteiger partial charge in [0, 0.05) is 0 Å². The molecule has 6 heteroatoms. The SMILES string of the molecule is CC(C)OC(=O)CN1C(=O)NC2(CCCc3ccccc32)C1=O. The van der Waals surface area contributed by atoms with E-state index in [1.165, 1.54) is 0 Å². The van der Waals surface area contributed by atoms with Crippen molar-refractivity contribution in [3.05, 3.63) is 35.4 Å². The largest absolute Gasteiger partial charge is 0.462 e. The maximum absolute atomic E-state index is 12.9. The van der Waals surface area contributed by atoms with Gasteiger partial charge in [0.1, 0.15) is 12.1 Å². The van der Waals surface area contributed by atoms with E-state index in [-0.39, 0.29) is 18.6 Å². The van der Waals surface area contributed by atoms with E-state index in [0.29, 0.717) is 6.42 Å². The summed E-state index contributed by atoms with van der Waals surface area (Å²) in [7, 11) is 0. The molecule has 0 radical (unpaired) electrons. The molecule has 0 aromatic heterocycles. The Hall–Kier alpha value is -2.37. The monoisotopic (exact) mass is 316 g/mol. The first-order valence-corrected chi connectivity index (χ1v) is 7.86. The van der Waals surface area contributed by atoms with E-state index in [2.05, 4.69) is 5.32 Å². The van der Waals surface area contributed by atoms with Crippen molar-refractivity contribution < 1.29 is 19.1 Å². The maximum Gasteiger partial charge on any atom is 0.326 e. The highest BCUT2D eigenvalue weighted by Crippen LogP contribution is 2.39. The van der Waals surface area contributed by atoms with Crippen molar-refractivity contribution in [2.75, 3.05) is 6.54 Å². The summed E-state index contributed by atoms with van der Waals surface area (Å²) >= 11 is 0. The van der Waals surface area contributed by atoms with Crippen molar-refractivity contribution in [3.63, 3.8) is 0 Å². The van der Waals surface area contributed by atoms with E-state index in [1.54, 1.807) is 13.8 Å². The van der Waals surface area contributed by atoms with Crippen LogP contribution in [0.15, 0.2) is 24.3 Å². The van der Waals surface area contributed by atoms with Gasteiger partial charge in [0.2, 0.25) is 0 Å². The Kier molecular flexibility index (Phi) is 3.83. The van der Waals surface area contributed by atoms with Gasteiger partial charge >= 0.3 is 12.0 Å². The van der Waals surface area contributed by atoms with E-state index in [0.717, 1.165) is 28.9 Å². The van der Waals surface area contributed by atoms with E-state index in [4.69, 9.17) is 4.74 Å². The van der Waals surface area contributed by atoms with E-state index >= 15 is 0 Å². The first-order chi connectivity index (χ1) is 10.9. The number of aryl methyl sites for hydroxylation is 1. The minimum absolute atomic E-state index is 0.285. The second-order valence-corrected chi connectivity index (χ2v) is 6.28. The highest BCUT2D eigenvalue weighted by atomic mass is 16.5. The molecular formula is C17H20N2O4. The molecule has 1 N–H and O–H groups in total. The lowest BCUT2D eigenvalue weighted by Crippen LogP contribution is -2.46. The number of hydrogen-bond acceptors (Lipinski definition) is 4. The summed E-state index contributed by atoms with van der Waals surface area (Å²) in [5, 5.41) is 2.81. The third kappa shape index (κ3) is 2.58. The van der Waals surface area contributed by atoms with Crippen LogP contribution in [0.2, 0.25) is 0 Å². The van der Waals surface area contributed by atoms with Crippen LogP contribution in [0.3, 0.4) is 0 Å². The Bertz CT molecular complexity index is 670. The van der Waals surface area contributed by atoms with Crippen molar-refractivity contribution in [3.8, 4) is 0 Å². The number of imide groups is 1. The number of amides is 3. The number of carbonyl (C=O) groups excluding carboxylic acids is 3. The average molecular weight is 316 g/mol. The van der Waals surface area contributed by atoms with Crippen LogP contribution in [0.1, 0.15) is 37.8 Å². The number of nitrogens with zero attached hydrogens (tertiary/aromatic N) is 1. The van der Waals surface area contributed by atoms with Gasteiger partial charge in [-0.25, -0.2) is 4.79 Å². The van der Waals surface area contributed by atoms with Crippen molar-refractivity contribution >= 4 is 17.9 Å². The van der Waals surface area contributed by atoms with Gasteiger partial charge < -0.3 is 10.1 Å². The standard InChI is InChI=1S/C17H20N2O4/c1-11(2)23-14(20)10-19-15(21)17(18-16(19)22)9-5-7-12-6-3-4-8-13(12)17/h3-4,6,8,11H,5,7,9-10H2,1-2H3,(H,18,22). The molecule has 1 aliphatic heterocycles. The summed E-state index contributed by atoms with van der Waals surface area (Å²) in [6.45, 7) is 3.10. The number of rotatable bonds is 3. The Balaban J connectivity index is 1.89. The smallest absolute Gasteiger partial charge is 0.326 e. The molecule has 1 aromatic carbocycles. The quantitative estimate of drug-likeness (QED) is 0.680. The zero-order chi connectivity index (χ0) is 16.6. The molecule has 1 fully saturated rings. The van der Waals surface area contributed by atoms with Crippen LogP contribution in [0, 0.1) is 0 Å². The van der Waals surface area contributed by atoms with Gasteiger partial charge in [0.15, 0.2) is 0 Å². The molecule has 2 aliphatic rings. The molecule has 1 heterocycles. The Morgan fingerprint density at radius 3 is 2.83 bits per heavy atom. The van der Waals surface area contributed by atoms with Gasteiger partial charge in [-0.15, -0.1) is 0 Å². The van der Waals surface area contributed by atoms with E-state index < -0.39 is 17.5 Å². The fourth-order valence-corrected chi connectivity index (χ4v) is 3.38. The number of carbonyl (C=O) groups is 3. The molecule has 0 saturated carbocycles. The number of hydrogen-bond donors (Lipinski definition) is 1. The van der Waals surface area contributed by atoms with Gasteiger partial charge in [-0.3, -0.25) is 14.5 Å². The van der Waals surface area contributed by atoms with Gasteiger partial charge in [-0.05, 0) is 44.2 Å². The third-order valence-corrected chi connectivity index (χ3v) is 4.31. The summed E-state index contributed by atoms with van der Waals surface area (Å²) in [5.41, 5.74) is 0.868. The number of esters is 1. The lowest BCUT2D eigenvalue weighted by atomic mass is 9.76. The molecule has 1 atom stereocenters. The first kappa shape index (κ1) is 15.5. The van der Waals surface area contributed by atoms with E-state index in [9.17, 15) is 14.4 Å². The first-order valence-electron chi connectivity index (χ1n) is 7.86. The van der Waals surface area contributed by atoms with Gasteiger partial charge in [0.25, 0.3) is 5.91 Å². The molecule has 1 unspecified atom stereocenters. The summed E-state index contributed by atoms with van der Waals surface area (Å²) in [6, 6.07) is 7.11. The fraction of sp³-hybridized carbons (Fsp3) is 0.471. The molecular weight excluding hydrogens is 296 g/mol. The maximum atomic E-state index is 12.9. The molecule has 1 aromatic rings. The van der Waals surface area contributed by atoms with Crippen molar-refractivity contribution in [2.45, 2.75) is 44.8 Å². The Morgan fingerprint density at radius 1 is 1.35 bits per heavy atom. The topological polar surface area (TPSA) is 75.7 Å². The zero-order valence-corrected chi connectivity index (χ0v) is 13.3.